The minimum absolute atomic E-state index is 0.0868. The lowest BCUT2D eigenvalue weighted by atomic mass is 9.86. The van der Waals surface area contributed by atoms with Crippen LogP contribution in [0.4, 0.5) is 0 Å². The molecule has 1 aliphatic rings. The number of thioether (sulfide) groups is 1. The summed E-state index contributed by atoms with van der Waals surface area (Å²) in [5, 5.41) is 12.1. The second-order valence-corrected chi connectivity index (χ2v) is 7.50. The molecule has 1 fully saturated rings. The van der Waals surface area contributed by atoms with Crippen molar-refractivity contribution in [2.45, 2.75) is 30.6 Å². The molecule has 1 aromatic heterocycles. The van der Waals surface area contributed by atoms with Gasteiger partial charge in [-0.25, -0.2) is 4.98 Å². The Hall–Kier alpha value is -2.32. The first-order valence-corrected chi connectivity index (χ1v) is 9.90. The van der Waals surface area contributed by atoms with Gasteiger partial charge in [0, 0.05) is 24.5 Å². The standard InChI is InChI=1S/C19H22N2O5S/c22-16(21-19(10-17(23)24)6-8-25-9-7-19)13-27-12-15-11-26-18(20-15)14-4-2-1-3-5-14/h1-5,11H,6-10,12-13H2,(H,21,22)(H,23,24). The fourth-order valence-electron chi connectivity index (χ4n) is 3.06. The van der Waals surface area contributed by atoms with Crippen LogP contribution in [0.5, 0.6) is 0 Å². The number of nitrogens with zero attached hydrogens (tertiary/aromatic N) is 1. The zero-order chi connectivity index (χ0) is 19.1. The third-order valence-corrected chi connectivity index (χ3v) is 5.37. The summed E-state index contributed by atoms with van der Waals surface area (Å²) in [7, 11) is 0. The van der Waals surface area contributed by atoms with Crippen molar-refractivity contribution < 1.29 is 23.8 Å². The highest BCUT2D eigenvalue weighted by atomic mass is 32.2. The molecule has 7 nitrogen and oxygen atoms in total. The lowest BCUT2D eigenvalue weighted by Crippen LogP contribution is -2.53. The number of carboxylic acid groups (broad SMARTS) is 1. The maximum Gasteiger partial charge on any atom is 0.305 e. The van der Waals surface area contributed by atoms with E-state index < -0.39 is 11.5 Å². The van der Waals surface area contributed by atoms with Crippen molar-refractivity contribution in [3.8, 4) is 11.5 Å². The van der Waals surface area contributed by atoms with E-state index in [2.05, 4.69) is 10.3 Å². The van der Waals surface area contributed by atoms with Gasteiger partial charge in [-0.3, -0.25) is 9.59 Å². The number of rotatable bonds is 8. The van der Waals surface area contributed by atoms with Crippen LogP contribution in [0.25, 0.3) is 11.5 Å². The molecule has 0 atom stereocenters. The number of amides is 1. The predicted molar refractivity (Wildman–Crippen MR) is 101 cm³/mol. The van der Waals surface area contributed by atoms with E-state index in [1.807, 2.05) is 30.3 Å². The molecule has 1 saturated heterocycles. The Morgan fingerprint density at radius 1 is 1.22 bits per heavy atom. The number of hydrogen-bond acceptors (Lipinski definition) is 6. The van der Waals surface area contributed by atoms with Gasteiger partial charge in [-0.2, -0.15) is 0 Å². The summed E-state index contributed by atoms with van der Waals surface area (Å²) < 4.78 is 10.8. The summed E-state index contributed by atoms with van der Waals surface area (Å²) in [6.07, 6.45) is 2.53. The van der Waals surface area contributed by atoms with Gasteiger partial charge in [0.1, 0.15) is 6.26 Å². The van der Waals surface area contributed by atoms with Crippen LogP contribution in [-0.4, -0.2) is 46.5 Å². The zero-order valence-corrected chi connectivity index (χ0v) is 15.7. The van der Waals surface area contributed by atoms with Crippen LogP contribution in [0.3, 0.4) is 0 Å². The Labute approximate surface area is 161 Å². The Kier molecular flexibility index (Phi) is 6.52. The van der Waals surface area contributed by atoms with Crippen LogP contribution in [0.1, 0.15) is 25.0 Å². The van der Waals surface area contributed by atoms with E-state index in [4.69, 9.17) is 14.3 Å². The summed E-state index contributed by atoms with van der Waals surface area (Å²) in [5.41, 5.74) is 0.954. The van der Waals surface area contributed by atoms with Crippen molar-refractivity contribution in [2.75, 3.05) is 19.0 Å². The third kappa shape index (κ3) is 5.58. The molecule has 8 heteroatoms. The first-order valence-electron chi connectivity index (χ1n) is 8.74. The average Bonchev–Trinajstić information content (AvgIpc) is 3.11. The van der Waals surface area contributed by atoms with Crippen molar-refractivity contribution >= 4 is 23.6 Å². The van der Waals surface area contributed by atoms with Crippen LogP contribution in [0.15, 0.2) is 41.0 Å². The average molecular weight is 390 g/mol. The van der Waals surface area contributed by atoms with Crippen molar-refractivity contribution in [1.29, 1.82) is 0 Å². The molecule has 0 radical (unpaired) electrons. The van der Waals surface area contributed by atoms with Crippen LogP contribution in [0, 0.1) is 0 Å². The second kappa shape index (κ2) is 9.05. The van der Waals surface area contributed by atoms with E-state index in [0.717, 1.165) is 11.3 Å². The molecule has 1 aromatic carbocycles. The minimum Gasteiger partial charge on any atom is -0.481 e. The number of hydrogen-bond donors (Lipinski definition) is 2. The maximum atomic E-state index is 12.3. The molecule has 1 amide bonds. The topological polar surface area (TPSA) is 102 Å². The van der Waals surface area contributed by atoms with Gasteiger partial charge in [0.25, 0.3) is 0 Å². The molecule has 2 aromatic rings. The maximum absolute atomic E-state index is 12.3. The number of carboxylic acids is 1. The Morgan fingerprint density at radius 3 is 2.67 bits per heavy atom. The predicted octanol–water partition coefficient (Wildman–Crippen LogP) is 2.71. The second-order valence-electron chi connectivity index (χ2n) is 6.51. The number of benzene rings is 1. The summed E-state index contributed by atoms with van der Waals surface area (Å²) in [6.45, 7) is 0.920. The molecule has 1 aliphatic heterocycles. The van der Waals surface area contributed by atoms with Gasteiger partial charge in [-0.05, 0) is 25.0 Å². The molecule has 0 aliphatic carbocycles. The molecule has 0 saturated carbocycles. The highest BCUT2D eigenvalue weighted by Crippen LogP contribution is 2.25. The number of nitrogens with one attached hydrogen (secondary N) is 1. The van der Waals surface area contributed by atoms with Crippen LogP contribution < -0.4 is 5.32 Å². The van der Waals surface area contributed by atoms with Gasteiger partial charge in [-0.1, -0.05) is 18.2 Å². The summed E-state index contributed by atoms with van der Waals surface area (Å²) in [4.78, 5) is 27.9. The van der Waals surface area contributed by atoms with Crippen LogP contribution in [-0.2, 0) is 20.1 Å². The van der Waals surface area contributed by atoms with Gasteiger partial charge in [-0.15, -0.1) is 11.8 Å². The van der Waals surface area contributed by atoms with E-state index in [1.165, 1.54) is 11.8 Å². The van der Waals surface area contributed by atoms with Crippen molar-refractivity contribution in [2.24, 2.45) is 0 Å². The summed E-state index contributed by atoms with van der Waals surface area (Å²) >= 11 is 1.42. The fraction of sp³-hybridized carbons (Fsp3) is 0.421. The van der Waals surface area contributed by atoms with Gasteiger partial charge in [0.05, 0.1) is 23.4 Å². The Bertz CT molecular complexity index is 771. The van der Waals surface area contributed by atoms with Crippen LogP contribution in [0.2, 0.25) is 0 Å². The highest BCUT2D eigenvalue weighted by molar-refractivity contribution is 7.99. The third-order valence-electron chi connectivity index (χ3n) is 4.40. The van der Waals surface area contributed by atoms with E-state index in [-0.39, 0.29) is 18.1 Å². The number of aromatic nitrogens is 1. The van der Waals surface area contributed by atoms with Crippen molar-refractivity contribution in [3.05, 3.63) is 42.3 Å². The van der Waals surface area contributed by atoms with Crippen LogP contribution >= 0.6 is 11.8 Å². The number of ether oxygens (including phenoxy) is 1. The van der Waals surface area contributed by atoms with Crippen molar-refractivity contribution in [1.82, 2.24) is 10.3 Å². The molecule has 3 rings (SSSR count). The molecule has 0 spiro atoms. The van der Waals surface area contributed by atoms with E-state index >= 15 is 0 Å². The Balaban J connectivity index is 1.49. The van der Waals surface area contributed by atoms with Crippen molar-refractivity contribution in [3.63, 3.8) is 0 Å². The van der Waals surface area contributed by atoms with Gasteiger partial charge >= 0.3 is 5.97 Å². The summed E-state index contributed by atoms with van der Waals surface area (Å²) in [5.74, 6) is 0.239. The number of carbonyl (C=O) groups is 2. The normalized spacial score (nSPS) is 16.0. The molecule has 27 heavy (non-hydrogen) atoms. The van der Waals surface area contributed by atoms with Gasteiger partial charge in [0.2, 0.25) is 11.8 Å². The van der Waals surface area contributed by atoms with Gasteiger partial charge in [0.15, 0.2) is 0 Å². The molecular weight excluding hydrogens is 368 g/mol. The Morgan fingerprint density at radius 2 is 1.96 bits per heavy atom. The molecule has 0 bridgehead atoms. The zero-order valence-electron chi connectivity index (χ0n) is 14.8. The minimum atomic E-state index is -0.916. The summed E-state index contributed by atoms with van der Waals surface area (Å²) in [6, 6.07) is 9.61. The molecule has 0 unspecified atom stereocenters. The first-order chi connectivity index (χ1) is 13.1. The molecule has 2 N–H and O–H groups in total. The van der Waals surface area contributed by atoms with Gasteiger partial charge < -0.3 is 19.6 Å². The quantitative estimate of drug-likeness (QED) is 0.714. The largest absolute Gasteiger partial charge is 0.481 e. The number of aliphatic carboxylic acids is 1. The molecule has 2 heterocycles. The van der Waals surface area contributed by atoms with E-state index in [1.54, 1.807) is 6.26 Å². The SMILES string of the molecule is O=C(O)CC1(NC(=O)CSCc2coc(-c3ccccc3)n2)CCOCC1. The highest BCUT2D eigenvalue weighted by Gasteiger charge is 2.36. The smallest absolute Gasteiger partial charge is 0.305 e. The lowest BCUT2D eigenvalue weighted by molar-refractivity contribution is -0.140. The van der Waals surface area contributed by atoms with E-state index in [9.17, 15) is 9.59 Å². The van der Waals surface area contributed by atoms with E-state index in [0.29, 0.717) is 37.7 Å². The number of oxazole rings is 1. The monoisotopic (exact) mass is 390 g/mol. The first kappa shape index (κ1) is 19.4. The molecular formula is C19H22N2O5S. The molecule has 144 valence electrons. The lowest BCUT2D eigenvalue weighted by Gasteiger charge is -2.36. The number of carbonyl (C=O) groups excluding carboxylic acids is 1. The fourth-order valence-corrected chi connectivity index (χ4v) is 3.77.